The average Bonchev–Trinajstić information content (AvgIpc) is 3.26. The van der Waals surface area contributed by atoms with Crippen molar-refractivity contribution in [3.05, 3.63) is 0 Å². The number of fused-ring (bicyclic) bond motifs is 1. The highest BCUT2D eigenvalue weighted by Crippen LogP contribution is 2.43. The van der Waals surface area contributed by atoms with Gasteiger partial charge in [0.15, 0.2) is 0 Å². The van der Waals surface area contributed by atoms with E-state index in [-0.39, 0.29) is 23.7 Å². The standard InChI is InChI=1S/C23H38N2O5/c1-5-29-21(27)19-17-13-9-12-16(17)14-25(19)20(26)18(15-10-7-6-8-11-15)24-22(28)30-23(2,3)4/h15-19H,5-14H2,1-4H3,(H,24,28)/t16-,17-,18-,19-/m0/s1. The zero-order valence-electron chi connectivity index (χ0n) is 18.9. The molecule has 1 heterocycles. The molecule has 7 heteroatoms. The largest absolute Gasteiger partial charge is 0.464 e. The third-order valence-corrected chi connectivity index (χ3v) is 6.76. The molecule has 0 spiro atoms. The van der Waals surface area contributed by atoms with Crippen molar-refractivity contribution in [2.45, 2.75) is 96.7 Å². The Bertz CT molecular complexity index is 638. The predicted molar refractivity (Wildman–Crippen MR) is 113 cm³/mol. The summed E-state index contributed by atoms with van der Waals surface area (Å²) in [5, 5.41) is 2.87. The molecule has 7 nitrogen and oxygen atoms in total. The minimum atomic E-state index is -0.657. The average molecular weight is 423 g/mol. The van der Waals surface area contributed by atoms with E-state index in [1.54, 1.807) is 11.8 Å². The number of hydrogen-bond acceptors (Lipinski definition) is 5. The van der Waals surface area contributed by atoms with Gasteiger partial charge in [0.1, 0.15) is 17.7 Å². The molecule has 0 radical (unpaired) electrons. The van der Waals surface area contributed by atoms with Gasteiger partial charge in [-0.15, -0.1) is 0 Å². The normalized spacial score (nSPS) is 28.0. The molecular weight excluding hydrogens is 384 g/mol. The lowest BCUT2D eigenvalue weighted by molar-refractivity contribution is -0.155. The molecule has 3 aliphatic rings. The van der Waals surface area contributed by atoms with Crippen LogP contribution in [0.4, 0.5) is 4.79 Å². The van der Waals surface area contributed by atoms with E-state index in [4.69, 9.17) is 9.47 Å². The van der Waals surface area contributed by atoms with Gasteiger partial charge in [-0.3, -0.25) is 4.79 Å². The monoisotopic (exact) mass is 422 g/mol. The topological polar surface area (TPSA) is 84.9 Å². The zero-order chi connectivity index (χ0) is 21.9. The first-order chi connectivity index (χ1) is 14.2. The van der Waals surface area contributed by atoms with Gasteiger partial charge < -0.3 is 19.7 Å². The Balaban J connectivity index is 1.81. The van der Waals surface area contributed by atoms with Gasteiger partial charge in [0, 0.05) is 6.54 Å². The van der Waals surface area contributed by atoms with Gasteiger partial charge in [-0.25, -0.2) is 9.59 Å². The lowest BCUT2D eigenvalue weighted by atomic mass is 9.83. The van der Waals surface area contributed by atoms with Crippen LogP contribution in [0, 0.1) is 17.8 Å². The molecule has 170 valence electrons. The van der Waals surface area contributed by atoms with E-state index in [0.717, 1.165) is 51.4 Å². The van der Waals surface area contributed by atoms with E-state index < -0.39 is 23.8 Å². The molecule has 0 aromatic heterocycles. The smallest absolute Gasteiger partial charge is 0.408 e. The van der Waals surface area contributed by atoms with Crippen LogP contribution in [-0.2, 0) is 19.1 Å². The van der Waals surface area contributed by atoms with Crippen molar-refractivity contribution < 1.29 is 23.9 Å². The molecule has 3 rings (SSSR count). The van der Waals surface area contributed by atoms with Gasteiger partial charge in [0.2, 0.25) is 5.91 Å². The van der Waals surface area contributed by atoms with Crippen molar-refractivity contribution in [2.24, 2.45) is 17.8 Å². The fraction of sp³-hybridized carbons (Fsp3) is 0.870. The van der Waals surface area contributed by atoms with E-state index in [0.29, 0.717) is 19.1 Å². The zero-order valence-corrected chi connectivity index (χ0v) is 18.9. The highest BCUT2D eigenvalue weighted by atomic mass is 16.6. The predicted octanol–water partition coefficient (Wildman–Crippen LogP) is 3.65. The summed E-state index contributed by atoms with van der Waals surface area (Å²) in [6, 6.07) is -1.19. The number of nitrogens with zero attached hydrogens (tertiary/aromatic N) is 1. The second-order valence-corrected chi connectivity index (χ2v) is 10.1. The van der Waals surface area contributed by atoms with Crippen LogP contribution in [0.1, 0.15) is 79.1 Å². The Hall–Kier alpha value is -1.79. The number of rotatable bonds is 5. The second kappa shape index (κ2) is 9.56. The summed E-state index contributed by atoms with van der Waals surface area (Å²) in [7, 11) is 0. The maximum atomic E-state index is 13.7. The number of carbonyl (C=O) groups is 3. The van der Waals surface area contributed by atoms with Crippen LogP contribution in [-0.4, -0.2) is 53.7 Å². The first-order valence-corrected chi connectivity index (χ1v) is 11.7. The number of carbonyl (C=O) groups excluding carboxylic acids is 3. The van der Waals surface area contributed by atoms with Crippen molar-refractivity contribution in [1.29, 1.82) is 0 Å². The molecule has 1 aliphatic heterocycles. The number of amides is 2. The Kier molecular flexibility index (Phi) is 7.30. The lowest BCUT2D eigenvalue weighted by Gasteiger charge is -2.35. The SMILES string of the molecule is CCOC(=O)[C@@H]1[C@H]2CCC[C@H]2CN1C(=O)[C@@H](NC(=O)OC(C)(C)C)C1CCCCC1. The van der Waals surface area contributed by atoms with Crippen LogP contribution in [0.5, 0.6) is 0 Å². The molecule has 3 fully saturated rings. The number of hydrogen-bond donors (Lipinski definition) is 1. The van der Waals surface area contributed by atoms with Crippen LogP contribution in [0.15, 0.2) is 0 Å². The molecule has 0 unspecified atom stereocenters. The maximum absolute atomic E-state index is 13.7. The Morgan fingerprint density at radius 2 is 1.73 bits per heavy atom. The molecule has 2 saturated carbocycles. The van der Waals surface area contributed by atoms with E-state index >= 15 is 0 Å². The van der Waals surface area contributed by atoms with E-state index in [1.807, 2.05) is 20.8 Å². The summed E-state index contributed by atoms with van der Waals surface area (Å²) in [5.74, 6) is 0.126. The highest BCUT2D eigenvalue weighted by molar-refractivity contribution is 5.90. The van der Waals surface area contributed by atoms with Crippen LogP contribution in [0.2, 0.25) is 0 Å². The van der Waals surface area contributed by atoms with Crippen LogP contribution in [0.3, 0.4) is 0 Å². The van der Waals surface area contributed by atoms with Gasteiger partial charge in [-0.1, -0.05) is 25.7 Å². The van der Waals surface area contributed by atoms with E-state index in [9.17, 15) is 14.4 Å². The molecule has 0 bridgehead atoms. The number of likely N-dealkylation sites (tertiary alicyclic amines) is 1. The first kappa shape index (κ1) is 22.9. The molecule has 4 atom stereocenters. The summed E-state index contributed by atoms with van der Waals surface area (Å²) >= 11 is 0. The van der Waals surface area contributed by atoms with Crippen molar-refractivity contribution in [1.82, 2.24) is 10.2 Å². The maximum Gasteiger partial charge on any atom is 0.408 e. The first-order valence-electron chi connectivity index (χ1n) is 11.7. The summed E-state index contributed by atoms with van der Waals surface area (Å²) in [6.45, 7) is 8.09. The minimum absolute atomic E-state index is 0.0713. The molecule has 2 aliphatic carbocycles. The van der Waals surface area contributed by atoms with Gasteiger partial charge >= 0.3 is 12.1 Å². The number of nitrogens with one attached hydrogen (secondary N) is 1. The lowest BCUT2D eigenvalue weighted by Crippen LogP contribution is -2.56. The van der Waals surface area contributed by atoms with Gasteiger partial charge in [-0.2, -0.15) is 0 Å². The number of ether oxygens (including phenoxy) is 2. The molecule has 2 amide bonds. The molecular formula is C23H38N2O5. The minimum Gasteiger partial charge on any atom is -0.464 e. The second-order valence-electron chi connectivity index (χ2n) is 10.1. The molecule has 1 N–H and O–H groups in total. The summed E-state index contributed by atoms with van der Waals surface area (Å²) in [6.07, 6.45) is 7.57. The van der Waals surface area contributed by atoms with Crippen LogP contribution in [0.25, 0.3) is 0 Å². The van der Waals surface area contributed by atoms with Crippen LogP contribution >= 0.6 is 0 Å². The van der Waals surface area contributed by atoms with Crippen molar-refractivity contribution in [3.8, 4) is 0 Å². The Morgan fingerprint density at radius 3 is 2.37 bits per heavy atom. The number of esters is 1. The van der Waals surface area contributed by atoms with Crippen LogP contribution < -0.4 is 5.32 Å². The summed E-state index contributed by atoms with van der Waals surface area (Å²) in [5.41, 5.74) is -0.637. The third-order valence-electron chi connectivity index (χ3n) is 6.76. The molecule has 0 aromatic rings. The van der Waals surface area contributed by atoms with E-state index in [2.05, 4.69) is 5.32 Å². The summed E-state index contributed by atoms with van der Waals surface area (Å²) in [4.78, 5) is 40.8. The molecule has 0 aromatic carbocycles. The van der Waals surface area contributed by atoms with E-state index in [1.165, 1.54) is 0 Å². The van der Waals surface area contributed by atoms with Gasteiger partial charge in [0.25, 0.3) is 0 Å². The summed E-state index contributed by atoms with van der Waals surface area (Å²) < 4.78 is 10.8. The van der Waals surface area contributed by atoms with Crippen molar-refractivity contribution in [2.75, 3.05) is 13.2 Å². The highest BCUT2D eigenvalue weighted by Gasteiger charge is 2.52. The van der Waals surface area contributed by atoms with Gasteiger partial charge in [0.05, 0.1) is 6.61 Å². The quantitative estimate of drug-likeness (QED) is 0.684. The van der Waals surface area contributed by atoms with Crippen molar-refractivity contribution >= 4 is 18.0 Å². The third kappa shape index (κ3) is 5.27. The van der Waals surface area contributed by atoms with Gasteiger partial charge in [-0.05, 0) is 71.1 Å². The Morgan fingerprint density at radius 1 is 1.03 bits per heavy atom. The fourth-order valence-electron chi connectivity index (χ4n) is 5.52. The Labute approximate surface area is 180 Å². The van der Waals surface area contributed by atoms with Crippen molar-refractivity contribution in [3.63, 3.8) is 0 Å². The fourth-order valence-corrected chi connectivity index (χ4v) is 5.52. The number of alkyl carbamates (subject to hydrolysis) is 1. The molecule has 1 saturated heterocycles. The molecule has 30 heavy (non-hydrogen) atoms.